The number of ether oxygens (including phenoxy) is 3. The lowest BCUT2D eigenvalue weighted by atomic mass is 10.0. The van der Waals surface area contributed by atoms with Gasteiger partial charge < -0.3 is 14.2 Å². The average molecular weight is 501 g/mol. The van der Waals surface area contributed by atoms with Crippen molar-refractivity contribution in [2.24, 2.45) is 0 Å². The molecule has 2 aromatic heterocycles. The summed E-state index contributed by atoms with van der Waals surface area (Å²) in [5.74, 6) is 2.50. The van der Waals surface area contributed by atoms with Crippen LogP contribution >= 0.6 is 11.3 Å². The number of fused-ring (bicyclic) bond motifs is 3. The van der Waals surface area contributed by atoms with Gasteiger partial charge in [0.25, 0.3) is 5.56 Å². The summed E-state index contributed by atoms with van der Waals surface area (Å²) >= 11 is 1.38. The van der Waals surface area contributed by atoms with Crippen LogP contribution in [-0.2, 0) is 0 Å². The second-order valence-electron chi connectivity index (χ2n) is 8.94. The maximum atomic E-state index is 13.0. The third kappa shape index (κ3) is 4.66. The molecule has 0 aliphatic rings. The van der Waals surface area contributed by atoms with Crippen LogP contribution in [0, 0.1) is 6.92 Å². The van der Waals surface area contributed by atoms with E-state index in [1.165, 1.54) is 16.9 Å². The molecule has 0 atom stereocenters. The number of aromatic nitrogens is 2. The second-order valence-corrected chi connectivity index (χ2v) is 9.95. The predicted molar refractivity (Wildman–Crippen MR) is 145 cm³/mol. The number of para-hydroxylation sites is 2. The highest BCUT2D eigenvalue weighted by molar-refractivity contribution is 7.15. The Labute approximate surface area is 213 Å². The van der Waals surface area contributed by atoms with Crippen LogP contribution in [0.3, 0.4) is 0 Å². The smallest absolute Gasteiger partial charge is 0.274 e. The molecule has 0 amide bonds. The van der Waals surface area contributed by atoms with Gasteiger partial charge in [0.05, 0.1) is 22.7 Å². The molecule has 36 heavy (non-hydrogen) atoms. The van der Waals surface area contributed by atoms with Crippen molar-refractivity contribution in [2.75, 3.05) is 20.3 Å². The van der Waals surface area contributed by atoms with E-state index in [0.717, 1.165) is 27.9 Å². The van der Waals surface area contributed by atoms with Gasteiger partial charge in [-0.2, -0.15) is 0 Å². The Morgan fingerprint density at radius 1 is 0.972 bits per heavy atom. The van der Waals surface area contributed by atoms with E-state index >= 15 is 0 Å². The number of methoxy groups -OCH3 is 1. The van der Waals surface area contributed by atoms with Crippen LogP contribution < -0.4 is 24.3 Å². The van der Waals surface area contributed by atoms with Crippen LogP contribution in [0.1, 0.15) is 36.5 Å². The summed E-state index contributed by atoms with van der Waals surface area (Å²) in [5, 5.41) is 0. The maximum Gasteiger partial charge on any atom is 0.274 e. The zero-order valence-electron chi connectivity index (χ0n) is 20.8. The molecule has 184 valence electrons. The van der Waals surface area contributed by atoms with Gasteiger partial charge in [-0.25, -0.2) is 9.38 Å². The van der Waals surface area contributed by atoms with Gasteiger partial charge in [-0.05, 0) is 65.9 Å². The fourth-order valence-electron chi connectivity index (χ4n) is 4.20. The van der Waals surface area contributed by atoms with Crippen molar-refractivity contribution in [3.8, 4) is 17.2 Å². The van der Waals surface area contributed by atoms with E-state index in [4.69, 9.17) is 14.2 Å². The fraction of sp³-hybridized carbons (Fsp3) is 0.241. The average Bonchev–Trinajstić information content (AvgIpc) is 3.38. The topological polar surface area (TPSA) is 62.1 Å². The van der Waals surface area contributed by atoms with Gasteiger partial charge in [0.15, 0.2) is 16.5 Å². The summed E-state index contributed by atoms with van der Waals surface area (Å²) in [5.41, 5.74) is 4.77. The summed E-state index contributed by atoms with van der Waals surface area (Å²) in [4.78, 5) is 18.3. The Bertz CT molecular complexity index is 1650. The molecular formula is C29H28N2O4S. The molecule has 3 aromatic carbocycles. The minimum Gasteiger partial charge on any atom is -0.493 e. The van der Waals surface area contributed by atoms with Crippen LogP contribution in [0.25, 0.3) is 22.1 Å². The van der Waals surface area contributed by atoms with Crippen LogP contribution in [0.2, 0.25) is 0 Å². The first kappa shape index (κ1) is 23.9. The third-order valence-electron chi connectivity index (χ3n) is 6.02. The Kier molecular flexibility index (Phi) is 6.65. The molecule has 0 bridgehead atoms. The highest BCUT2D eigenvalue weighted by Gasteiger charge is 2.12. The first-order valence-corrected chi connectivity index (χ1v) is 12.7. The van der Waals surface area contributed by atoms with Crippen LogP contribution in [0.15, 0.2) is 65.5 Å². The maximum absolute atomic E-state index is 13.0. The van der Waals surface area contributed by atoms with Crippen molar-refractivity contribution >= 4 is 33.4 Å². The van der Waals surface area contributed by atoms with E-state index in [1.807, 2.05) is 48.5 Å². The molecule has 5 aromatic rings. The molecule has 0 aliphatic carbocycles. The molecule has 6 nitrogen and oxygen atoms in total. The van der Waals surface area contributed by atoms with E-state index in [0.29, 0.717) is 40.1 Å². The zero-order valence-corrected chi connectivity index (χ0v) is 21.6. The van der Waals surface area contributed by atoms with Crippen molar-refractivity contribution in [3.63, 3.8) is 0 Å². The molecule has 2 heterocycles. The van der Waals surface area contributed by atoms with Crippen molar-refractivity contribution in [1.29, 1.82) is 0 Å². The van der Waals surface area contributed by atoms with E-state index in [1.54, 1.807) is 11.5 Å². The molecule has 0 spiro atoms. The minimum absolute atomic E-state index is 0.0722. The van der Waals surface area contributed by atoms with Crippen LogP contribution in [0.5, 0.6) is 17.2 Å². The van der Waals surface area contributed by atoms with E-state index in [-0.39, 0.29) is 5.56 Å². The van der Waals surface area contributed by atoms with Gasteiger partial charge >= 0.3 is 0 Å². The normalized spacial score (nSPS) is 12.1. The largest absolute Gasteiger partial charge is 0.493 e. The predicted octanol–water partition coefficient (Wildman–Crippen LogP) is 5.36. The number of aryl methyl sites for hydroxylation is 1. The summed E-state index contributed by atoms with van der Waals surface area (Å²) in [6.07, 6.45) is 1.86. The number of thiazole rings is 1. The lowest BCUT2D eigenvalue weighted by molar-refractivity contribution is 0.210. The van der Waals surface area contributed by atoms with Gasteiger partial charge in [0.2, 0.25) is 0 Å². The quantitative estimate of drug-likeness (QED) is 0.269. The van der Waals surface area contributed by atoms with E-state index in [2.05, 4.69) is 44.0 Å². The highest BCUT2D eigenvalue weighted by Crippen LogP contribution is 2.30. The molecule has 0 N–H and O–H groups in total. The van der Waals surface area contributed by atoms with E-state index in [9.17, 15) is 4.79 Å². The van der Waals surface area contributed by atoms with Gasteiger partial charge in [0.1, 0.15) is 19.0 Å². The summed E-state index contributed by atoms with van der Waals surface area (Å²) in [6, 6.07) is 19.6. The van der Waals surface area contributed by atoms with Crippen molar-refractivity contribution in [2.45, 2.75) is 26.7 Å². The third-order valence-corrected chi connectivity index (χ3v) is 6.99. The van der Waals surface area contributed by atoms with Gasteiger partial charge in [-0.15, -0.1) is 0 Å². The molecule has 0 saturated carbocycles. The zero-order chi connectivity index (χ0) is 25.2. The summed E-state index contributed by atoms with van der Waals surface area (Å²) in [6.45, 7) is 7.17. The molecule has 0 radical (unpaired) electrons. The van der Waals surface area contributed by atoms with Gasteiger partial charge in [-0.3, -0.25) is 4.79 Å². The monoisotopic (exact) mass is 500 g/mol. The van der Waals surface area contributed by atoms with Crippen molar-refractivity contribution in [1.82, 2.24) is 9.38 Å². The lowest BCUT2D eigenvalue weighted by Gasteiger charge is -2.16. The summed E-state index contributed by atoms with van der Waals surface area (Å²) < 4.78 is 19.8. The fourth-order valence-corrected chi connectivity index (χ4v) is 5.19. The number of imidazole rings is 1. The standard InChI is InChI=1S/C29H28N2O4S/c1-18(2)21-11-9-19(3)15-25(21)35-14-13-34-24-12-10-20(16-26(24)33-4)17-27-28(32)31-23-8-6-5-7-22(23)30-29(31)36-27/h5-12,15-18H,13-14H2,1-4H3/b27-17-. The number of rotatable bonds is 8. The van der Waals surface area contributed by atoms with E-state index < -0.39 is 0 Å². The minimum atomic E-state index is -0.0722. The number of hydrogen-bond acceptors (Lipinski definition) is 6. The molecule has 0 aliphatic heterocycles. The first-order valence-electron chi connectivity index (χ1n) is 11.9. The Morgan fingerprint density at radius 3 is 2.53 bits per heavy atom. The first-order chi connectivity index (χ1) is 17.4. The molecular weight excluding hydrogens is 472 g/mol. The molecule has 0 saturated heterocycles. The van der Waals surface area contributed by atoms with Gasteiger partial charge in [0, 0.05) is 0 Å². The Balaban J connectivity index is 1.32. The molecule has 7 heteroatoms. The number of nitrogens with zero attached hydrogens (tertiary/aromatic N) is 2. The van der Waals surface area contributed by atoms with Crippen molar-refractivity contribution < 1.29 is 14.2 Å². The van der Waals surface area contributed by atoms with Crippen LogP contribution in [-0.4, -0.2) is 29.7 Å². The summed E-state index contributed by atoms with van der Waals surface area (Å²) in [7, 11) is 1.61. The Morgan fingerprint density at radius 2 is 1.75 bits per heavy atom. The molecule has 0 fully saturated rings. The Hall–Kier alpha value is -3.84. The second kappa shape index (κ2) is 10.0. The SMILES string of the molecule is COc1cc(/C=c2\sc3nc4ccccc4n3c2=O)ccc1OCCOc1cc(C)ccc1C(C)C. The van der Waals surface area contributed by atoms with Crippen LogP contribution in [0.4, 0.5) is 0 Å². The number of benzene rings is 3. The van der Waals surface area contributed by atoms with Crippen molar-refractivity contribution in [3.05, 3.63) is 92.2 Å². The van der Waals surface area contributed by atoms with Gasteiger partial charge in [-0.1, -0.05) is 55.5 Å². The lowest BCUT2D eigenvalue weighted by Crippen LogP contribution is -2.22. The molecule has 5 rings (SSSR count). The highest BCUT2D eigenvalue weighted by atomic mass is 32.1. The molecule has 0 unspecified atom stereocenters. The number of hydrogen-bond donors (Lipinski definition) is 0.